The number of benzene rings is 1. The fourth-order valence-corrected chi connectivity index (χ4v) is 2.80. The van der Waals surface area contributed by atoms with Gasteiger partial charge in [0, 0.05) is 0 Å². The zero-order valence-corrected chi connectivity index (χ0v) is 11.1. The topological polar surface area (TPSA) is 34.1 Å². The molecule has 0 aliphatic rings. The Morgan fingerprint density at radius 3 is 2.50 bits per heavy atom. The summed E-state index contributed by atoms with van der Waals surface area (Å²) in [4.78, 5) is 0. The second kappa shape index (κ2) is 5.71. The van der Waals surface area contributed by atoms with E-state index >= 15 is 0 Å². The highest BCUT2D eigenvalue weighted by Crippen LogP contribution is 2.23. The Hall–Kier alpha value is -0.510. The summed E-state index contributed by atoms with van der Waals surface area (Å²) in [6.45, 7) is 1.79. The number of rotatable bonds is 4. The van der Waals surface area contributed by atoms with Gasteiger partial charge in [-0.2, -0.15) is 0 Å². The Morgan fingerprint density at radius 1 is 1.25 bits per heavy atom. The maximum atomic E-state index is 11.6. The van der Waals surface area contributed by atoms with Crippen molar-refractivity contribution >= 4 is 33.0 Å². The van der Waals surface area contributed by atoms with Gasteiger partial charge in [0.2, 0.25) is 0 Å². The molecule has 0 unspecified atom stereocenters. The summed E-state index contributed by atoms with van der Waals surface area (Å²) in [5.41, 5.74) is 0.652. The summed E-state index contributed by atoms with van der Waals surface area (Å²) >= 11 is 11.5. The summed E-state index contributed by atoms with van der Waals surface area (Å²) in [5, 5.41) is 0.802. The smallest absolute Gasteiger partial charge is 0.157 e. The van der Waals surface area contributed by atoms with Gasteiger partial charge in [0.25, 0.3) is 0 Å². The van der Waals surface area contributed by atoms with Crippen molar-refractivity contribution in [2.24, 2.45) is 0 Å². The number of allylic oxidation sites excluding steroid dienone is 1. The van der Waals surface area contributed by atoms with Crippen LogP contribution in [-0.2, 0) is 15.6 Å². The van der Waals surface area contributed by atoms with Crippen LogP contribution in [-0.4, -0.2) is 14.2 Å². The first-order valence-electron chi connectivity index (χ1n) is 4.70. The minimum absolute atomic E-state index is 0.0196. The zero-order chi connectivity index (χ0) is 12.2. The Bertz CT molecular complexity index is 493. The second-order valence-corrected chi connectivity index (χ2v) is 6.30. The second-order valence-electron chi connectivity index (χ2n) is 3.37. The molecule has 2 nitrogen and oxygen atoms in total. The molecule has 0 heterocycles. The van der Waals surface area contributed by atoms with E-state index in [1.54, 1.807) is 37.3 Å². The SMILES string of the molecule is CC=CCS(=O)(=O)Cc1ccc(Cl)c(Cl)c1. The first-order valence-corrected chi connectivity index (χ1v) is 7.28. The van der Waals surface area contributed by atoms with E-state index < -0.39 is 9.84 Å². The van der Waals surface area contributed by atoms with Crippen molar-refractivity contribution in [1.29, 1.82) is 0 Å². The first kappa shape index (κ1) is 13.6. The van der Waals surface area contributed by atoms with E-state index in [1.165, 1.54) is 0 Å². The summed E-state index contributed by atoms with van der Waals surface area (Å²) in [6, 6.07) is 4.85. The quantitative estimate of drug-likeness (QED) is 0.791. The van der Waals surface area contributed by atoms with Gasteiger partial charge in [-0.25, -0.2) is 8.42 Å². The van der Waals surface area contributed by atoms with Crippen LogP contribution >= 0.6 is 23.2 Å². The molecule has 88 valence electrons. The van der Waals surface area contributed by atoms with Crippen LogP contribution in [0.5, 0.6) is 0 Å². The lowest BCUT2D eigenvalue weighted by Gasteiger charge is -2.03. The number of sulfone groups is 1. The third kappa shape index (κ3) is 4.16. The molecule has 5 heteroatoms. The van der Waals surface area contributed by atoms with Gasteiger partial charge >= 0.3 is 0 Å². The average Bonchev–Trinajstić information content (AvgIpc) is 2.20. The molecule has 0 aliphatic carbocycles. The van der Waals surface area contributed by atoms with E-state index in [0.717, 1.165) is 0 Å². The van der Waals surface area contributed by atoms with Crippen LogP contribution in [0, 0.1) is 0 Å². The lowest BCUT2D eigenvalue weighted by Crippen LogP contribution is -2.07. The van der Waals surface area contributed by atoms with E-state index in [9.17, 15) is 8.42 Å². The van der Waals surface area contributed by atoms with Crippen LogP contribution in [0.15, 0.2) is 30.4 Å². The van der Waals surface area contributed by atoms with Crippen molar-refractivity contribution in [3.8, 4) is 0 Å². The number of halogens is 2. The van der Waals surface area contributed by atoms with Crippen molar-refractivity contribution in [1.82, 2.24) is 0 Å². The zero-order valence-electron chi connectivity index (χ0n) is 8.78. The van der Waals surface area contributed by atoms with Crippen molar-refractivity contribution in [3.05, 3.63) is 46.0 Å². The normalized spacial score (nSPS) is 12.2. The molecule has 0 aliphatic heterocycles. The molecule has 0 bridgehead atoms. The van der Waals surface area contributed by atoms with Gasteiger partial charge < -0.3 is 0 Å². The highest BCUT2D eigenvalue weighted by molar-refractivity contribution is 7.90. The van der Waals surface area contributed by atoms with Crippen molar-refractivity contribution in [2.75, 3.05) is 5.75 Å². The van der Waals surface area contributed by atoms with E-state index in [-0.39, 0.29) is 11.5 Å². The summed E-state index contributed by atoms with van der Waals surface area (Å²) in [7, 11) is -3.11. The standard InChI is InChI=1S/C11H12Cl2O2S/c1-2-3-6-16(14,15)8-9-4-5-10(12)11(13)7-9/h2-5,7H,6,8H2,1H3. The molecule has 0 N–H and O–H groups in total. The predicted octanol–water partition coefficient (Wildman–Crippen LogP) is 3.48. The minimum Gasteiger partial charge on any atom is -0.228 e. The fourth-order valence-electron chi connectivity index (χ4n) is 1.19. The molecule has 1 aromatic rings. The third-order valence-corrected chi connectivity index (χ3v) is 4.17. The molecule has 16 heavy (non-hydrogen) atoms. The number of hydrogen-bond acceptors (Lipinski definition) is 2. The van der Waals surface area contributed by atoms with Gasteiger partial charge in [-0.3, -0.25) is 0 Å². The molecule has 0 fully saturated rings. The van der Waals surface area contributed by atoms with Crippen LogP contribution < -0.4 is 0 Å². The summed E-state index contributed by atoms with van der Waals surface area (Å²) in [5.74, 6) is 0.0258. The van der Waals surface area contributed by atoms with E-state index in [0.29, 0.717) is 15.6 Å². The molecule has 1 rings (SSSR count). The van der Waals surface area contributed by atoms with Crippen LogP contribution in [0.2, 0.25) is 10.0 Å². The molecule has 0 amide bonds. The molecule has 0 saturated carbocycles. The molecule has 0 radical (unpaired) electrons. The van der Waals surface area contributed by atoms with Crippen LogP contribution in [0.1, 0.15) is 12.5 Å². The maximum Gasteiger partial charge on any atom is 0.157 e. The monoisotopic (exact) mass is 278 g/mol. The van der Waals surface area contributed by atoms with E-state index in [4.69, 9.17) is 23.2 Å². The van der Waals surface area contributed by atoms with Gasteiger partial charge in [0.05, 0.1) is 21.6 Å². The highest BCUT2D eigenvalue weighted by atomic mass is 35.5. The lowest BCUT2D eigenvalue weighted by molar-refractivity contribution is 0.598. The molecular weight excluding hydrogens is 267 g/mol. The summed E-state index contributed by atoms with van der Waals surface area (Å²) < 4.78 is 23.3. The van der Waals surface area contributed by atoms with E-state index in [1.807, 2.05) is 0 Å². The van der Waals surface area contributed by atoms with Crippen LogP contribution in [0.3, 0.4) is 0 Å². The van der Waals surface area contributed by atoms with Gasteiger partial charge in [0.1, 0.15) is 0 Å². The largest absolute Gasteiger partial charge is 0.228 e. The molecule has 1 aromatic carbocycles. The Morgan fingerprint density at radius 2 is 1.94 bits per heavy atom. The Kier molecular flexibility index (Phi) is 4.84. The van der Waals surface area contributed by atoms with Crippen LogP contribution in [0.4, 0.5) is 0 Å². The van der Waals surface area contributed by atoms with Crippen LogP contribution in [0.25, 0.3) is 0 Å². The molecule has 0 saturated heterocycles. The minimum atomic E-state index is -3.11. The molecular formula is C11H12Cl2O2S. The molecule has 0 aromatic heterocycles. The van der Waals surface area contributed by atoms with Crippen molar-refractivity contribution in [2.45, 2.75) is 12.7 Å². The van der Waals surface area contributed by atoms with Gasteiger partial charge in [0.15, 0.2) is 9.84 Å². The van der Waals surface area contributed by atoms with Gasteiger partial charge in [-0.1, -0.05) is 41.4 Å². The average molecular weight is 279 g/mol. The lowest BCUT2D eigenvalue weighted by atomic mass is 10.2. The van der Waals surface area contributed by atoms with Crippen molar-refractivity contribution < 1.29 is 8.42 Å². The third-order valence-electron chi connectivity index (χ3n) is 1.96. The highest BCUT2D eigenvalue weighted by Gasteiger charge is 2.10. The van der Waals surface area contributed by atoms with Gasteiger partial charge in [-0.05, 0) is 24.6 Å². The summed E-state index contributed by atoms with van der Waals surface area (Å²) in [6.07, 6.45) is 3.33. The van der Waals surface area contributed by atoms with Gasteiger partial charge in [-0.15, -0.1) is 0 Å². The fraction of sp³-hybridized carbons (Fsp3) is 0.273. The Labute approximate surface area is 106 Å². The molecule has 0 spiro atoms. The Balaban J connectivity index is 2.84. The predicted molar refractivity (Wildman–Crippen MR) is 68.8 cm³/mol. The van der Waals surface area contributed by atoms with E-state index in [2.05, 4.69) is 0 Å². The first-order chi connectivity index (χ1) is 7.44. The van der Waals surface area contributed by atoms with Crippen molar-refractivity contribution in [3.63, 3.8) is 0 Å². The maximum absolute atomic E-state index is 11.6. The number of hydrogen-bond donors (Lipinski definition) is 0. The molecule has 0 atom stereocenters.